The fraction of sp³-hybridized carbons (Fsp3) is 0.500. The molecule has 0 saturated carbocycles. The molecule has 15 heavy (non-hydrogen) atoms. The Kier molecular flexibility index (Phi) is 2.21. The van der Waals surface area contributed by atoms with Gasteiger partial charge in [0.2, 0.25) is 0 Å². The molecule has 0 bridgehead atoms. The van der Waals surface area contributed by atoms with Gasteiger partial charge in [0.25, 0.3) is 0 Å². The van der Waals surface area contributed by atoms with Gasteiger partial charge in [0.1, 0.15) is 5.75 Å². The molecule has 1 spiro atoms. The minimum Gasteiger partial charge on any atom is -0.492 e. The van der Waals surface area contributed by atoms with Gasteiger partial charge in [-0.2, -0.15) is 0 Å². The van der Waals surface area contributed by atoms with Gasteiger partial charge in [0, 0.05) is 21.1 Å². The average molecular weight is 315 g/mol. The van der Waals surface area contributed by atoms with Crippen LogP contribution in [0.25, 0.3) is 0 Å². The number of rotatable bonds is 0. The summed E-state index contributed by atoms with van der Waals surface area (Å²) in [6.45, 7) is 3.20. The van der Waals surface area contributed by atoms with Crippen LogP contribution in [-0.2, 0) is 5.41 Å². The molecule has 2 nitrogen and oxygen atoms in total. The Morgan fingerprint density at radius 2 is 2.33 bits per heavy atom. The zero-order valence-corrected chi connectivity index (χ0v) is 11.0. The zero-order chi connectivity index (χ0) is 10.5. The summed E-state index contributed by atoms with van der Waals surface area (Å²) in [6, 6.07) is 6.60. The smallest absolute Gasteiger partial charge is 0.124 e. The van der Waals surface area contributed by atoms with E-state index >= 15 is 0 Å². The Morgan fingerprint density at radius 3 is 3.07 bits per heavy atom. The number of halogens is 1. The maximum absolute atomic E-state index is 5.83. The van der Waals surface area contributed by atoms with Gasteiger partial charge in [-0.05, 0) is 54.7 Å². The summed E-state index contributed by atoms with van der Waals surface area (Å²) in [7, 11) is 2.19. The van der Waals surface area contributed by atoms with Crippen LogP contribution < -0.4 is 4.74 Å². The van der Waals surface area contributed by atoms with E-state index in [1.807, 2.05) is 0 Å². The van der Waals surface area contributed by atoms with Crippen LogP contribution in [-0.4, -0.2) is 31.6 Å². The zero-order valence-electron chi connectivity index (χ0n) is 8.79. The van der Waals surface area contributed by atoms with E-state index < -0.39 is 0 Å². The molecule has 3 heteroatoms. The Morgan fingerprint density at radius 1 is 1.47 bits per heavy atom. The minimum absolute atomic E-state index is 0.286. The van der Waals surface area contributed by atoms with Crippen molar-refractivity contribution in [3.63, 3.8) is 0 Å². The van der Waals surface area contributed by atoms with Crippen LogP contribution in [0.2, 0.25) is 0 Å². The van der Waals surface area contributed by atoms with Gasteiger partial charge in [-0.1, -0.05) is 6.07 Å². The van der Waals surface area contributed by atoms with Gasteiger partial charge in [-0.25, -0.2) is 0 Å². The molecule has 1 unspecified atom stereocenters. The molecular formula is C12H14INO. The number of nitrogens with zero attached hydrogens (tertiary/aromatic N) is 1. The highest BCUT2D eigenvalue weighted by Crippen LogP contribution is 2.44. The number of likely N-dealkylation sites (N-methyl/N-ethyl adjacent to an activating group) is 1. The lowest BCUT2D eigenvalue weighted by Gasteiger charge is -2.21. The minimum atomic E-state index is 0.286. The first-order valence-electron chi connectivity index (χ1n) is 5.31. The molecule has 0 aromatic heterocycles. The molecule has 3 rings (SSSR count). The summed E-state index contributed by atoms with van der Waals surface area (Å²) < 4.78 is 7.09. The molecule has 2 aliphatic heterocycles. The van der Waals surface area contributed by atoms with Gasteiger partial charge in [0.15, 0.2) is 0 Å². The average Bonchev–Trinajstić information content (AvgIpc) is 2.73. The normalized spacial score (nSPS) is 29.5. The first-order chi connectivity index (χ1) is 7.20. The van der Waals surface area contributed by atoms with Crippen molar-refractivity contribution >= 4 is 22.6 Å². The van der Waals surface area contributed by atoms with Gasteiger partial charge in [-0.15, -0.1) is 0 Å². The molecule has 0 radical (unpaired) electrons. The SMILES string of the molecule is CN1CCC2(COc3cc(I)ccc32)C1. The molecule has 1 aromatic rings. The van der Waals surface area contributed by atoms with Crippen molar-refractivity contribution < 1.29 is 4.74 Å². The summed E-state index contributed by atoms with van der Waals surface area (Å²) in [5.74, 6) is 1.11. The molecule has 1 saturated heterocycles. The molecule has 0 N–H and O–H groups in total. The number of fused-ring (bicyclic) bond motifs is 2. The third kappa shape index (κ3) is 1.47. The van der Waals surface area contributed by atoms with Crippen molar-refractivity contribution in [2.45, 2.75) is 11.8 Å². The van der Waals surface area contributed by atoms with Crippen LogP contribution in [0.15, 0.2) is 18.2 Å². The summed E-state index contributed by atoms with van der Waals surface area (Å²) in [5, 5.41) is 0. The molecule has 1 atom stereocenters. The number of ether oxygens (including phenoxy) is 1. The Balaban J connectivity index is 2.04. The first-order valence-corrected chi connectivity index (χ1v) is 6.39. The predicted octanol–water partition coefficient (Wildman–Crippen LogP) is 2.26. The monoisotopic (exact) mass is 315 g/mol. The van der Waals surface area contributed by atoms with E-state index in [-0.39, 0.29) is 5.41 Å². The summed E-state index contributed by atoms with van der Waals surface area (Å²) >= 11 is 2.34. The fourth-order valence-corrected chi connectivity index (χ4v) is 3.23. The van der Waals surface area contributed by atoms with Gasteiger partial charge >= 0.3 is 0 Å². The first kappa shape index (κ1) is 9.90. The number of hydrogen-bond donors (Lipinski definition) is 0. The van der Waals surface area contributed by atoms with E-state index in [2.05, 4.69) is 52.7 Å². The predicted molar refractivity (Wildman–Crippen MR) is 68.4 cm³/mol. The van der Waals surface area contributed by atoms with Gasteiger partial charge < -0.3 is 9.64 Å². The van der Waals surface area contributed by atoms with Crippen LogP contribution in [0.3, 0.4) is 0 Å². The van der Waals surface area contributed by atoms with Crippen molar-refractivity contribution in [1.29, 1.82) is 0 Å². The lowest BCUT2D eigenvalue weighted by molar-refractivity contribution is 0.262. The lowest BCUT2D eigenvalue weighted by atomic mass is 9.82. The molecule has 2 aliphatic rings. The highest BCUT2D eigenvalue weighted by molar-refractivity contribution is 14.1. The number of hydrogen-bond acceptors (Lipinski definition) is 2. The molecule has 1 fully saturated rings. The second-order valence-electron chi connectivity index (χ2n) is 4.70. The van der Waals surface area contributed by atoms with Crippen LogP contribution >= 0.6 is 22.6 Å². The Hall–Kier alpha value is -0.290. The van der Waals surface area contributed by atoms with E-state index in [9.17, 15) is 0 Å². The van der Waals surface area contributed by atoms with Crippen molar-refractivity contribution in [2.24, 2.45) is 0 Å². The van der Waals surface area contributed by atoms with Crippen LogP contribution in [0, 0.1) is 3.57 Å². The standard InChI is InChI=1S/C12H14INO/c1-14-5-4-12(7-14)8-15-11-6-9(13)2-3-10(11)12/h2-3,6H,4-5,7-8H2,1H3. The third-order valence-corrected chi connectivity index (χ3v) is 4.23. The van der Waals surface area contributed by atoms with E-state index in [1.54, 1.807) is 0 Å². The van der Waals surface area contributed by atoms with Crippen molar-refractivity contribution in [3.05, 3.63) is 27.3 Å². The summed E-state index contributed by atoms with van der Waals surface area (Å²) in [4.78, 5) is 2.40. The van der Waals surface area contributed by atoms with E-state index in [0.717, 1.165) is 18.9 Å². The third-order valence-electron chi connectivity index (χ3n) is 3.56. The number of likely N-dealkylation sites (tertiary alicyclic amines) is 1. The molecule has 80 valence electrons. The second-order valence-corrected chi connectivity index (χ2v) is 5.94. The molecular weight excluding hydrogens is 301 g/mol. The van der Waals surface area contributed by atoms with Crippen molar-refractivity contribution in [1.82, 2.24) is 4.90 Å². The van der Waals surface area contributed by atoms with Crippen LogP contribution in [0.4, 0.5) is 0 Å². The lowest BCUT2D eigenvalue weighted by Crippen LogP contribution is -2.31. The van der Waals surface area contributed by atoms with Crippen molar-refractivity contribution in [2.75, 3.05) is 26.7 Å². The second kappa shape index (κ2) is 3.35. The topological polar surface area (TPSA) is 12.5 Å². The largest absolute Gasteiger partial charge is 0.492 e. The van der Waals surface area contributed by atoms with E-state index in [1.165, 1.54) is 22.1 Å². The maximum Gasteiger partial charge on any atom is 0.124 e. The van der Waals surface area contributed by atoms with Gasteiger partial charge in [0.05, 0.1) is 6.61 Å². The maximum atomic E-state index is 5.83. The summed E-state index contributed by atoms with van der Waals surface area (Å²) in [6.07, 6.45) is 1.23. The van der Waals surface area contributed by atoms with Crippen molar-refractivity contribution in [3.8, 4) is 5.75 Å². The van der Waals surface area contributed by atoms with Crippen LogP contribution in [0.5, 0.6) is 5.75 Å². The molecule has 0 amide bonds. The van der Waals surface area contributed by atoms with E-state index in [0.29, 0.717) is 0 Å². The molecule has 0 aliphatic carbocycles. The molecule has 2 heterocycles. The van der Waals surface area contributed by atoms with Gasteiger partial charge in [-0.3, -0.25) is 0 Å². The fourth-order valence-electron chi connectivity index (χ4n) is 2.76. The summed E-state index contributed by atoms with van der Waals surface area (Å²) in [5.41, 5.74) is 1.71. The number of benzene rings is 1. The quantitative estimate of drug-likeness (QED) is 0.681. The highest BCUT2D eigenvalue weighted by Gasteiger charge is 2.44. The highest BCUT2D eigenvalue weighted by atomic mass is 127. The van der Waals surface area contributed by atoms with E-state index in [4.69, 9.17) is 4.74 Å². The Bertz CT molecular complexity index is 407. The molecule has 1 aromatic carbocycles. The van der Waals surface area contributed by atoms with Crippen LogP contribution in [0.1, 0.15) is 12.0 Å². The Labute approximate surface area is 104 Å².